The number of ether oxygens (including phenoxy) is 1. The lowest BCUT2D eigenvalue weighted by Crippen LogP contribution is -2.34. The van der Waals surface area contributed by atoms with E-state index in [9.17, 15) is 4.79 Å². The fourth-order valence-corrected chi connectivity index (χ4v) is 4.02. The number of nitrogens with zero attached hydrogens (tertiary/aromatic N) is 2. The van der Waals surface area contributed by atoms with Crippen molar-refractivity contribution in [3.8, 4) is 11.3 Å². The van der Waals surface area contributed by atoms with Crippen molar-refractivity contribution in [2.24, 2.45) is 0 Å². The van der Waals surface area contributed by atoms with Crippen LogP contribution in [0.5, 0.6) is 0 Å². The zero-order valence-corrected chi connectivity index (χ0v) is 15.7. The number of anilines is 1. The van der Waals surface area contributed by atoms with Crippen LogP contribution in [0.3, 0.4) is 0 Å². The summed E-state index contributed by atoms with van der Waals surface area (Å²) in [6, 6.07) is 18.1. The number of halogens is 1. The normalized spacial score (nSPS) is 16.9. The highest BCUT2D eigenvalue weighted by molar-refractivity contribution is 9.10. The van der Waals surface area contributed by atoms with E-state index < -0.39 is 0 Å². The monoisotopic (exact) mass is 414 g/mol. The van der Waals surface area contributed by atoms with Crippen LogP contribution < -0.4 is 4.90 Å². The fraction of sp³-hybridized carbons (Fsp3) is 0.158. The summed E-state index contributed by atoms with van der Waals surface area (Å²) in [7, 11) is 0. The molecule has 4 nitrogen and oxygen atoms in total. The number of rotatable bonds is 4. The predicted octanol–water partition coefficient (Wildman–Crippen LogP) is 5.14. The number of thiazole rings is 1. The molecule has 25 heavy (non-hydrogen) atoms. The van der Waals surface area contributed by atoms with Gasteiger partial charge in [0.1, 0.15) is 6.61 Å². The maximum atomic E-state index is 12.2. The highest BCUT2D eigenvalue weighted by Crippen LogP contribution is 2.32. The van der Waals surface area contributed by atoms with Crippen molar-refractivity contribution < 1.29 is 9.53 Å². The summed E-state index contributed by atoms with van der Waals surface area (Å²) < 4.78 is 6.31. The lowest BCUT2D eigenvalue weighted by atomic mass is 10.1. The zero-order valence-electron chi connectivity index (χ0n) is 13.3. The molecule has 1 saturated heterocycles. The van der Waals surface area contributed by atoms with Crippen LogP contribution in [0.1, 0.15) is 5.56 Å². The number of benzene rings is 2. The van der Waals surface area contributed by atoms with Crippen LogP contribution in [-0.2, 0) is 11.2 Å². The van der Waals surface area contributed by atoms with E-state index in [1.807, 2.05) is 47.8 Å². The molecule has 0 bridgehead atoms. The van der Waals surface area contributed by atoms with E-state index in [4.69, 9.17) is 4.74 Å². The molecule has 4 rings (SSSR count). The van der Waals surface area contributed by atoms with Gasteiger partial charge < -0.3 is 4.74 Å². The second kappa shape index (κ2) is 6.98. The van der Waals surface area contributed by atoms with Gasteiger partial charge in [-0.05, 0) is 24.1 Å². The van der Waals surface area contributed by atoms with Gasteiger partial charge in [-0.25, -0.2) is 14.7 Å². The third-order valence-electron chi connectivity index (χ3n) is 4.11. The Bertz CT molecular complexity index is 880. The molecule has 3 aromatic rings. The largest absolute Gasteiger partial charge is 0.447 e. The summed E-state index contributed by atoms with van der Waals surface area (Å²) in [5.41, 5.74) is 3.07. The van der Waals surface area contributed by atoms with Crippen molar-refractivity contribution in [1.82, 2.24) is 4.98 Å². The second-order valence-electron chi connectivity index (χ2n) is 5.81. The van der Waals surface area contributed by atoms with Crippen molar-refractivity contribution >= 4 is 38.5 Å². The second-order valence-corrected chi connectivity index (χ2v) is 7.56. The third-order valence-corrected chi connectivity index (χ3v) is 5.48. The van der Waals surface area contributed by atoms with Gasteiger partial charge in [0.15, 0.2) is 5.13 Å². The minimum atomic E-state index is -0.322. The zero-order chi connectivity index (χ0) is 17.2. The van der Waals surface area contributed by atoms with Crippen LogP contribution in [0.2, 0.25) is 0 Å². The van der Waals surface area contributed by atoms with Gasteiger partial charge in [-0.3, -0.25) is 0 Å². The number of carbonyl (C=O) groups excluding carboxylic acids is 1. The Morgan fingerprint density at radius 3 is 2.68 bits per heavy atom. The fourth-order valence-electron chi connectivity index (χ4n) is 2.86. The van der Waals surface area contributed by atoms with Crippen LogP contribution in [0.4, 0.5) is 9.93 Å². The van der Waals surface area contributed by atoms with E-state index in [2.05, 4.69) is 33.0 Å². The summed E-state index contributed by atoms with van der Waals surface area (Å²) in [6.45, 7) is 0.390. The van der Waals surface area contributed by atoms with Gasteiger partial charge >= 0.3 is 6.09 Å². The molecule has 1 aliphatic rings. The first-order valence-electron chi connectivity index (χ1n) is 7.92. The predicted molar refractivity (Wildman–Crippen MR) is 103 cm³/mol. The molecule has 0 aliphatic carbocycles. The quantitative estimate of drug-likeness (QED) is 0.593. The summed E-state index contributed by atoms with van der Waals surface area (Å²) in [5.74, 6) is 0. The van der Waals surface area contributed by atoms with E-state index in [1.54, 1.807) is 4.90 Å². The van der Waals surface area contributed by atoms with Gasteiger partial charge in [0.25, 0.3) is 0 Å². The Morgan fingerprint density at radius 2 is 1.92 bits per heavy atom. The van der Waals surface area contributed by atoms with Crippen molar-refractivity contribution in [1.29, 1.82) is 0 Å². The number of hydrogen-bond donors (Lipinski definition) is 0. The average molecular weight is 415 g/mol. The van der Waals surface area contributed by atoms with Gasteiger partial charge in [-0.1, -0.05) is 58.4 Å². The van der Waals surface area contributed by atoms with Crippen LogP contribution in [0, 0.1) is 0 Å². The molecule has 1 aliphatic heterocycles. The Balaban J connectivity index is 1.59. The summed E-state index contributed by atoms with van der Waals surface area (Å²) in [6.07, 6.45) is 0.428. The van der Waals surface area contributed by atoms with E-state index in [-0.39, 0.29) is 12.1 Å². The molecule has 0 unspecified atom stereocenters. The molecule has 1 fully saturated rings. The molecular weight excluding hydrogens is 400 g/mol. The molecule has 0 N–H and O–H groups in total. The highest BCUT2D eigenvalue weighted by atomic mass is 79.9. The molecule has 0 radical (unpaired) electrons. The van der Waals surface area contributed by atoms with E-state index in [1.165, 1.54) is 16.9 Å². The number of aromatic nitrogens is 1. The summed E-state index contributed by atoms with van der Waals surface area (Å²) in [4.78, 5) is 18.6. The van der Waals surface area contributed by atoms with Crippen molar-refractivity contribution in [2.45, 2.75) is 12.5 Å². The first-order valence-corrected chi connectivity index (χ1v) is 9.59. The van der Waals surface area contributed by atoms with Crippen LogP contribution in [0.25, 0.3) is 11.3 Å². The van der Waals surface area contributed by atoms with E-state index >= 15 is 0 Å². The Kier molecular flexibility index (Phi) is 4.55. The molecular formula is C19H15BrN2O2S. The molecule has 126 valence electrons. The van der Waals surface area contributed by atoms with Gasteiger partial charge in [0, 0.05) is 15.4 Å². The van der Waals surface area contributed by atoms with Gasteiger partial charge in [-0.15, -0.1) is 11.3 Å². The minimum Gasteiger partial charge on any atom is -0.447 e. The lowest BCUT2D eigenvalue weighted by molar-refractivity contribution is 0.178. The third kappa shape index (κ3) is 3.45. The molecule has 0 spiro atoms. The van der Waals surface area contributed by atoms with E-state index in [0.717, 1.165) is 22.2 Å². The molecule has 1 aromatic heterocycles. The Morgan fingerprint density at radius 1 is 1.16 bits per heavy atom. The molecule has 1 amide bonds. The van der Waals surface area contributed by atoms with Crippen LogP contribution in [-0.4, -0.2) is 23.7 Å². The van der Waals surface area contributed by atoms with Crippen molar-refractivity contribution in [3.05, 3.63) is 70.0 Å². The lowest BCUT2D eigenvalue weighted by Gasteiger charge is -2.18. The number of carbonyl (C=O) groups is 1. The molecule has 2 aromatic carbocycles. The molecule has 6 heteroatoms. The summed E-state index contributed by atoms with van der Waals surface area (Å²) in [5, 5.41) is 2.66. The van der Waals surface area contributed by atoms with Crippen LogP contribution in [0.15, 0.2) is 64.5 Å². The number of cyclic esters (lactones) is 1. The van der Waals surface area contributed by atoms with E-state index in [0.29, 0.717) is 11.7 Å². The minimum absolute atomic E-state index is 0.0289. The molecule has 0 saturated carbocycles. The first kappa shape index (κ1) is 16.3. The van der Waals surface area contributed by atoms with Gasteiger partial charge in [0.2, 0.25) is 0 Å². The van der Waals surface area contributed by atoms with Gasteiger partial charge in [-0.2, -0.15) is 0 Å². The maximum absolute atomic E-state index is 12.2. The first-order chi connectivity index (χ1) is 12.2. The standard InChI is InChI=1S/C19H15BrN2O2S/c20-15-8-6-14(7-9-15)17-12-25-18(21-17)22-16(11-24-19(22)23)10-13-4-2-1-3-5-13/h1-9,12,16H,10-11H2/t16-/m1/s1. The Hall–Kier alpha value is -2.18. The number of hydrogen-bond acceptors (Lipinski definition) is 4. The van der Waals surface area contributed by atoms with Gasteiger partial charge in [0.05, 0.1) is 11.7 Å². The van der Waals surface area contributed by atoms with Crippen molar-refractivity contribution in [3.63, 3.8) is 0 Å². The maximum Gasteiger partial charge on any atom is 0.416 e. The summed E-state index contributed by atoms with van der Waals surface area (Å²) >= 11 is 4.90. The van der Waals surface area contributed by atoms with Crippen molar-refractivity contribution in [2.75, 3.05) is 11.5 Å². The topological polar surface area (TPSA) is 42.4 Å². The van der Waals surface area contributed by atoms with Crippen LogP contribution >= 0.6 is 27.3 Å². The number of amides is 1. The molecule has 2 heterocycles. The smallest absolute Gasteiger partial charge is 0.416 e. The molecule has 1 atom stereocenters. The average Bonchev–Trinajstić information content (AvgIpc) is 3.23. The Labute approximate surface area is 158 Å². The SMILES string of the molecule is O=C1OC[C@@H](Cc2ccccc2)N1c1nc(-c2ccc(Br)cc2)cs1. The highest BCUT2D eigenvalue weighted by Gasteiger charge is 2.36.